The predicted molar refractivity (Wildman–Crippen MR) is 81.8 cm³/mol. The van der Waals surface area contributed by atoms with Crippen molar-refractivity contribution in [2.75, 3.05) is 6.79 Å². The molecule has 24 heavy (non-hydrogen) atoms. The van der Waals surface area contributed by atoms with Crippen LogP contribution in [0.25, 0.3) is 17.9 Å². The molecule has 0 fully saturated rings. The highest BCUT2D eigenvalue weighted by Crippen LogP contribution is 2.33. The third-order valence-corrected chi connectivity index (χ3v) is 3.45. The van der Waals surface area contributed by atoms with E-state index in [0.29, 0.717) is 11.5 Å². The monoisotopic (exact) mass is 327 g/mol. The largest absolute Gasteiger partial charge is 0.454 e. The average Bonchev–Trinajstić information content (AvgIpc) is 3.20. The quantitative estimate of drug-likeness (QED) is 0.566. The number of nitrogens with one attached hydrogen (secondary N) is 1. The summed E-state index contributed by atoms with van der Waals surface area (Å²) in [5, 5.41) is 13.7. The molecule has 2 aromatic heterocycles. The Morgan fingerprint density at radius 2 is 2.12 bits per heavy atom. The fourth-order valence-corrected chi connectivity index (χ4v) is 2.34. The van der Waals surface area contributed by atoms with Crippen molar-refractivity contribution >= 4 is 23.6 Å². The molecule has 1 N–H and O–H groups in total. The van der Waals surface area contributed by atoms with E-state index in [-0.39, 0.29) is 18.3 Å². The summed E-state index contributed by atoms with van der Waals surface area (Å²) < 4.78 is 11.4. The number of hydrogen-bond donors (Lipinski definition) is 1. The van der Waals surface area contributed by atoms with Crippen LogP contribution >= 0.6 is 0 Å². The zero-order valence-electron chi connectivity index (χ0n) is 12.0. The standard InChI is InChI=1S/C14H9N5O5/c20-13-12(19(21)22)9(17-14-15-6-16-18(13)14)3-1-8-2-4-10-11(5-8)24-7-23-10/h1-6H,7H2,(H,15,16,17)/b3-1+. The lowest BCUT2D eigenvalue weighted by Gasteiger charge is -1.99. The van der Waals surface area contributed by atoms with Crippen LogP contribution in [-0.2, 0) is 0 Å². The number of rotatable bonds is 3. The summed E-state index contributed by atoms with van der Waals surface area (Å²) in [6.45, 7) is 0.155. The van der Waals surface area contributed by atoms with Crippen molar-refractivity contribution in [1.82, 2.24) is 19.6 Å². The summed E-state index contributed by atoms with van der Waals surface area (Å²) in [5.41, 5.74) is -0.811. The highest BCUT2D eigenvalue weighted by Gasteiger charge is 2.22. The van der Waals surface area contributed by atoms with E-state index in [9.17, 15) is 14.9 Å². The van der Waals surface area contributed by atoms with Gasteiger partial charge in [0, 0.05) is 0 Å². The van der Waals surface area contributed by atoms with Crippen LogP contribution in [0.4, 0.5) is 5.69 Å². The van der Waals surface area contributed by atoms with E-state index in [4.69, 9.17) is 9.47 Å². The van der Waals surface area contributed by atoms with Crippen molar-refractivity contribution in [1.29, 1.82) is 0 Å². The molecule has 0 radical (unpaired) electrons. The van der Waals surface area contributed by atoms with Crippen LogP contribution in [0.2, 0.25) is 0 Å². The Hall–Kier alpha value is -3.69. The molecular formula is C14H9N5O5. The van der Waals surface area contributed by atoms with Gasteiger partial charge in [-0.25, -0.2) is 9.97 Å². The number of nitrogens with zero attached hydrogens (tertiary/aromatic N) is 4. The highest BCUT2D eigenvalue weighted by molar-refractivity contribution is 5.73. The van der Waals surface area contributed by atoms with Gasteiger partial charge in [-0.3, -0.25) is 20.0 Å². The summed E-state index contributed by atoms with van der Waals surface area (Å²) >= 11 is 0. The van der Waals surface area contributed by atoms with Crippen molar-refractivity contribution < 1.29 is 14.4 Å². The lowest BCUT2D eigenvalue weighted by atomic mass is 10.1. The Morgan fingerprint density at radius 1 is 1.29 bits per heavy atom. The minimum atomic E-state index is -0.826. The summed E-state index contributed by atoms with van der Waals surface area (Å²) in [6.07, 6.45) is 4.23. The number of aromatic nitrogens is 4. The Balaban J connectivity index is 1.80. The maximum Gasteiger partial charge on any atom is 0.361 e. The second-order valence-corrected chi connectivity index (χ2v) is 4.88. The number of fused-ring (bicyclic) bond motifs is 2. The van der Waals surface area contributed by atoms with Crippen LogP contribution in [0.15, 0.2) is 29.3 Å². The third kappa shape index (κ3) is 2.17. The highest BCUT2D eigenvalue weighted by atomic mass is 16.7. The molecule has 10 nitrogen and oxygen atoms in total. The molecule has 3 heterocycles. The Bertz CT molecular complexity index is 1050. The van der Waals surface area contributed by atoms with Gasteiger partial charge in [-0.05, 0) is 23.8 Å². The van der Waals surface area contributed by atoms with Crippen LogP contribution in [0.5, 0.6) is 11.5 Å². The van der Waals surface area contributed by atoms with Gasteiger partial charge >= 0.3 is 11.2 Å². The minimum Gasteiger partial charge on any atom is -0.454 e. The molecule has 0 unspecified atom stereocenters. The summed E-state index contributed by atoms with van der Waals surface area (Å²) in [6, 6.07) is 5.22. The number of H-pyrrole nitrogens is 1. The molecule has 0 bridgehead atoms. The fraction of sp³-hybridized carbons (Fsp3) is 0.0714. The van der Waals surface area contributed by atoms with E-state index in [1.165, 1.54) is 12.4 Å². The van der Waals surface area contributed by atoms with Crippen LogP contribution in [0.1, 0.15) is 11.3 Å². The van der Waals surface area contributed by atoms with Crippen LogP contribution in [0, 0.1) is 10.1 Å². The number of ether oxygens (including phenoxy) is 2. The molecule has 1 aromatic carbocycles. The van der Waals surface area contributed by atoms with Crippen LogP contribution in [0.3, 0.4) is 0 Å². The van der Waals surface area contributed by atoms with Crippen LogP contribution in [-0.4, -0.2) is 31.3 Å². The molecule has 0 saturated heterocycles. The first kappa shape index (κ1) is 13.9. The van der Waals surface area contributed by atoms with Gasteiger partial charge in [0.25, 0.3) is 5.78 Å². The molecule has 4 rings (SSSR count). The summed E-state index contributed by atoms with van der Waals surface area (Å²) in [5.74, 6) is 1.27. The smallest absolute Gasteiger partial charge is 0.361 e. The number of nitro groups is 1. The van der Waals surface area contributed by atoms with Crippen LogP contribution < -0.4 is 15.0 Å². The van der Waals surface area contributed by atoms with Gasteiger partial charge in [0.15, 0.2) is 17.2 Å². The second-order valence-electron chi connectivity index (χ2n) is 4.88. The van der Waals surface area contributed by atoms with E-state index in [0.717, 1.165) is 10.1 Å². The number of aromatic amines is 1. The molecule has 0 saturated carbocycles. The topological polar surface area (TPSA) is 125 Å². The normalized spacial score (nSPS) is 13.0. The fourth-order valence-electron chi connectivity index (χ4n) is 2.34. The Labute approximate surface area is 133 Å². The molecule has 0 aliphatic carbocycles. The maximum absolute atomic E-state index is 12.2. The van der Waals surface area contributed by atoms with Gasteiger partial charge in [0.1, 0.15) is 6.33 Å². The average molecular weight is 327 g/mol. The zero-order valence-corrected chi connectivity index (χ0v) is 12.0. The summed E-state index contributed by atoms with van der Waals surface area (Å²) in [4.78, 5) is 30.5. The number of benzene rings is 1. The number of hydrogen-bond acceptors (Lipinski definition) is 7. The molecule has 0 spiro atoms. The van der Waals surface area contributed by atoms with Crippen molar-refractivity contribution in [3.63, 3.8) is 0 Å². The minimum absolute atomic E-state index is 0.0518. The van der Waals surface area contributed by atoms with Gasteiger partial charge in [-0.15, -0.1) is 0 Å². The third-order valence-electron chi connectivity index (χ3n) is 3.45. The van der Waals surface area contributed by atoms with Gasteiger partial charge in [-0.2, -0.15) is 4.52 Å². The SMILES string of the molecule is O=c1c([N+](=O)[O-])c(/C=C/c2ccc3c(c2)OCO3)nc2nc[nH]n12. The van der Waals surface area contributed by atoms with Crippen molar-refractivity contribution in [2.45, 2.75) is 0 Å². The van der Waals surface area contributed by atoms with Gasteiger partial charge in [0.05, 0.1) is 4.92 Å². The van der Waals surface area contributed by atoms with E-state index in [1.807, 2.05) is 0 Å². The van der Waals surface area contributed by atoms with Gasteiger partial charge in [0.2, 0.25) is 6.79 Å². The molecule has 120 valence electrons. The molecule has 10 heteroatoms. The molecule has 1 aliphatic rings. The molecule has 3 aromatic rings. The maximum atomic E-state index is 12.2. The molecule has 0 atom stereocenters. The Morgan fingerprint density at radius 3 is 2.96 bits per heavy atom. The predicted octanol–water partition coefficient (Wildman–Crippen LogP) is 1.22. The van der Waals surface area contributed by atoms with Crippen molar-refractivity contribution in [2.24, 2.45) is 0 Å². The van der Waals surface area contributed by atoms with Gasteiger partial charge in [-0.1, -0.05) is 12.1 Å². The Kier molecular flexibility index (Phi) is 3.02. The first-order valence-corrected chi connectivity index (χ1v) is 6.82. The van der Waals surface area contributed by atoms with Gasteiger partial charge < -0.3 is 9.47 Å². The van der Waals surface area contributed by atoms with E-state index in [1.54, 1.807) is 24.3 Å². The first-order chi connectivity index (χ1) is 11.6. The molecule has 0 amide bonds. The van der Waals surface area contributed by atoms with Crippen molar-refractivity contribution in [3.8, 4) is 11.5 Å². The van der Waals surface area contributed by atoms with E-state index in [2.05, 4.69) is 15.1 Å². The summed E-state index contributed by atoms with van der Waals surface area (Å²) in [7, 11) is 0. The van der Waals surface area contributed by atoms with E-state index < -0.39 is 16.2 Å². The molecule has 1 aliphatic heterocycles. The lowest BCUT2D eigenvalue weighted by molar-refractivity contribution is -0.386. The second kappa shape index (κ2) is 5.19. The van der Waals surface area contributed by atoms with E-state index >= 15 is 0 Å². The molecular weight excluding hydrogens is 318 g/mol. The lowest BCUT2D eigenvalue weighted by Crippen LogP contribution is -2.20. The zero-order chi connectivity index (χ0) is 16.7. The van der Waals surface area contributed by atoms with Crippen molar-refractivity contribution in [3.05, 3.63) is 56.3 Å². The first-order valence-electron chi connectivity index (χ1n) is 6.82.